The van der Waals surface area contributed by atoms with E-state index in [-0.39, 0.29) is 10.8 Å². The molecule has 0 saturated heterocycles. The lowest BCUT2D eigenvalue weighted by atomic mass is 10.1. The van der Waals surface area contributed by atoms with Gasteiger partial charge in [-0.15, -0.1) is 0 Å². The van der Waals surface area contributed by atoms with Gasteiger partial charge in [0.25, 0.3) is 0 Å². The maximum Gasteiger partial charge on any atom is 0.240 e. The molecule has 2 aromatic rings. The highest BCUT2D eigenvalue weighted by Crippen LogP contribution is 2.12. The van der Waals surface area contributed by atoms with Crippen molar-refractivity contribution in [1.82, 2.24) is 10.0 Å². The monoisotopic (exact) mass is 366 g/mol. The lowest BCUT2D eigenvalue weighted by Crippen LogP contribution is -2.23. The van der Waals surface area contributed by atoms with E-state index in [1.54, 1.807) is 18.2 Å². The number of carbonyl (C=O) groups excluding carboxylic acids is 1. The highest BCUT2D eigenvalue weighted by molar-refractivity contribution is 7.89. The fourth-order valence-corrected chi connectivity index (χ4v) is 3.09. The van der Waals surface area contributed by atoms with Crippen molar-refractivity contribution < 1.29 is 13.2 Å². The highest BCUT2D eigenvalue weighted by Gasteiger charge is 2.10. The van der Waals surface area contributed by atoms with Crippen LogP contribution in [0.1, 0.15) is 17.5 Å². The Hall–Kier alpha value is -1.89. The van der Waals surface area contributed by atoms with Crippen molar-refractivity contribution in [2.45, 2.75) is 24.3 Å². The summed E-state index contributed by atoms with van der Waals surface area (Å²) in [6.07, 6.45) is 0.875. The third-order valence-electron chi connectivity index (χ3n) is 3.52. The van der Waals surface area contributed by atoms with E-state index < -0.39 is 10.0 Å². The molecule has 2 N–H and O–H groups in total. The first kappa shape index (κ1) is 18.4. The Morgan fingerprint density at radius 2 is 1.79 bits per heavy atom. The fourth-order valence-electron chi connectivity index (χ4n) is 2.15. The Bertz CT molecular complexity index is 805. The zero-order valence-electron chi connectivity index (χ0n) is 13.3. The molecule has 7 heteroatoms. The molecule has 0 bridgehead atoms. The molecule has 0 aliphatic carbocycles. The number of benzene rings is 2. The lowest BCUT2D eigenvalue weighted by molar-refractivity contribution is -0.121. The second-order valence-electron chi connectivity index (χ2n) is 5.26. The Morgan fingerprint density at radius 3 is 2.42 bits per heavy atom. The first-order chi connectivity index (χ1) is 11.4. The molecular formula is C17H19ClN2O3S. The number of sulfonamides is 1. The van der Waals surface area contributed by atoms with Gasteiger partial charge in [0.2, 0.25) is 15.9 Å². The molecule has 0 unspecified atom stereocenters. The van der Waals surface area contributed by atoms with Gasteiger partial charge < -0.3 is 5.32 Å². The number of nitrogens with one attached hydrogen (secondary N) is 2. The number of halogens is 1. The number of hydrogen-bond acceptors (Lipinski definition) is 3. The number of aryl methyl sites for hydroxylation is 1. The first-order valence-electron chi connectivity index (χ1n) is 7.44. The van der Waals surface area contributed by atoms with Crippen LogP contribution in [0.5, 0.6) is 0 Å². The van der Waals surface area contributed by atoms with Gasteiger partial charge in [-0.1, -0.05) is 35.9 Å². The van der Waals surface area contributed by atoms with Crippen LogP contribution in [0.25, 0.3) is 0 Å². The van der Waals surface area contributed by atoms with Crippen molar-refractivity contribution in [2.75, 3.05) is 7.05 Å². The van der Waals surface area contributed by atoms with Gasteiger partial charge in [0.15, 0.2) is 0 Å². The molecule has 0 spiro atoms. The van der Waals surface area contributed by atoms with E-state index in [0.717, 1.165) is 11.1 Å². The average Bonchev–Trinajstić information content (AvgIpc) is 2.58. The highest BCUT2D eigenvalue weighted by atomic mass is 35.5. The second kappa shape index (κ2) is 8.28. The van der Waals surface area contributed by atoms with Crippen LogP contribution in [-0.2, 0) is 27.8 Å². The van der Waals surface area contributed by atoms with Crippen molar-refractivity contribution in [3.63, 3.8) is 0 Å². The molecule has 0 radical (unpaired) electrons. The standard InChI is InChI=1S/C17H19ClN2O3S/c1-19-24(22,23)16-8-5-13(6-9-16)7-10-17(21)20-12-14-3-2-4-15(18)11-14/h2-6,8-9,11,19H,7,10,12H2,1H3,(H,20,21). The summed E-state index contributed by atoms with van der Waals surface area (Å²) >= 11 is 5.90. The molecule has 0 fully saturated rings. The predicted octanol–water partition coefficient (Wildman–Crippen LogP) is 2.50. The summed E-state index contributed by atoms with van der Waals surface area (Å²) in [7, 11) is -2.06. The molecule has 5 nitrogen and oxygen atoms in total. The van der Waals surface area contributed by atoms with Crippen molar-refractivity contribution >= 4 is 27.5 Å². The molecular weight excluding hydrogens is 348 g/mol. The third kappa shape index (κ3) is 5.33. The average molecular weight is 367 g/mol. The smallest absolute Gasteiger partial charge is 0.240 e. The van der Waals surface area contributed by atoms with E-state index in [1.807, 2.05) is 18.2 Å². The molecule has 0 atom stereocenters. The largest absolute Gasteiger partial charge is 0.352 e. The van der Waals surface area contributed by atoms with Gasteiger partial charge in [-0.3, -0.25) is 4.79 Å². The second-order valence-corrected chi connectivity index (χ2v) is 7.58. The molecule has 2 aromatic carbocycles. The number of hydrogen-bond donors (Lipinski definition) is 2. The van der Waals surface area contributed by atoms with E-state index in [9.17, 15) is 13.2 Å². The number of carbonyl (C=O) groups is 1. The summed E-state index contributed by atoms with van der Waals surface area (Å²) in [5.74, 6) is -0.0677. The van der Waals surface area contributed by atoms with Gasteiger partial charge in [0.1, 0.15) is 0 Å². The quantitative estimate of drug-likeness (QED) is 0.790. The Kier molecular flexibility index (Phi) is 6.36. The van der Waals surface area contributed by atoms with Crippen LogP contribution in [0, 0.1) is 0 Å². The van der Waals surface area contributed by atoms with Crippen LogP contribution in [-0.4, -0.2) is 21.4 Å². The first-order valence-corrected chi connectivity index (χ1v) is 9.30. The minimum atomic E-state index is -3.43. The zero-order chi connectivity index (χ0) is 17.6. The Labute approximate surface area is 147 Å². The summed E-state index contributed by atoms with van der Waals surface area (Å²) in [5.41, 5.74) is 1.85. The minimum absolute atomic E-state index is 0.0677. The minimum Gasteiger partial charge on any atom is -0.352 e. The van der Waals surface area contributed by atoms with Crippen molar-refractivity contribution in [2.24, 2.45) is 0 Å². The van der Waals surface area contributed by atoms with Crippen LogP contribution in [0.2, 0.25) is 5.02 Å². The maximum atomic E-state index is 11.9. The van der Waals surface area contributed by atoms with Gasteiger partial charge >= 0.3 is 0 Å². The normalized spacial score (nSPS) is 11.2. The van der Waals surface area contributed by atoms with Gasteiger partial charge in [-0.25, -0.2) is 13.1 Å². The lowest BCUT2D eigenvalue weighted by Gasteiger charge is -2.07. The molecule has 0 aliphatic rings. The molecule has 128 valence electrons. The Balaban J connectivity index is 1.83. The molecule has 0 heterocycles. The summed E-state index contributed by atoms with van der Waals surface area (Å²) in [4.78, 5) is 12.1. The van der Waals surface area contributed by atoms with E-state index in [4.69, 9.17) is 11.6 Å². The number of rotatable bonds is 7. The summed E-state index contributed by atoms with van der Waals surface area (Å²) in [6, 6.07) is 13.8. The van der Waals surface area contributed by atoms with Crippen LogP contribution in [0.15, 0.2) is 53.4 Å². The van der Waals surface area contributed by atoms with E-state index >= 15 is 0 Å². The van der Waals surface area contributed by atoms with Crippen LogP contribution in [0.4, 0.5) is 0 Å². The maximum absolute atomic E-state index is 11.9. The fraction of sp³-hybridized carbons (Fsp3) is 0.235. The van der Waals surface area contributed by atoms with E-state index in [0.29, 0.717) is 24.4 Å². The molecule has 0 aromatic heterocycles. The molecule has 0 saturated carbocycles. The number of amides is 1. The van der Waals surface area contributed by atoms with E-state index in [1.165, 1.54) is 19.2 Å². The van der Waals surface area contributed by atoms with Gasteiger partial charge in [-0.05, 0) is 48.9 Å². The van der Waals surface area contributed by atoms with Gasteiger partial charge in [0, 0.05) is 18.0 Å². The van der Waals surface area contributed by atoms with Crippen LogP contribution >= 0.6 is 11.6 Å². The third-order valence-corrected chi connectivity index (χ3v) is 5.19. The van der Waals surface area contributed by atoms with Crippen molar-refractivity contribution in [3.05, 3.63) is 64.7 Å². The van der Waals surface area contributed by atoms with Gasteiger partial charge in [0.05, 0.1) is 4.90 Å². The van der Waals surface area contributed by atoms with Crippen LogP contribution < -0.4 is 10.0 Å². The summed E-state index contributed by atoms with van der Waals surface area (Å²) < 4.78 is 25.5. The molecule has 1 amide bonds. The summed E-state index contributed by atoms with van der Waals surface area (Å²) in [6.45, 7) is 0.429. The van der Waals surface area contributed by atoms with E-state index in [2.05, 4.69) is 10.0 Å². The molecule has 0 aliphatic heterocycles. The predicted molar refractivity (Wildman–Crippen MR) is 94.3 cm³/mol. The zero-order valence-corrected chi connectivity index (χ0v) is 14.8. The Morgan fingerprint density at radius 1 is 1.08 bits per heavy atom. The van der Waals surface area contributed by atoms with Crippen LogP contribution in [0.3, 0.4) is 0 Å². The van der Waals surface area contributed by atoms with Crippen molar-refractivity contribution in [3.8, 4) is 0 Å². The van der Waals surface area contributed by atoms with Gasteiger partial charge in [-0.2, -0.15) is 0 Å². The SMILES string of the molecule is CNS(=O)(=O)c1ccc(CCC(=O)NCc2cccc(Cl)c2)cc1. The van der Waals surface area contributed by atoms with Crippen molar-refractivity contribution in [1.29, 1.82) is 0 Å². The molecule has 2 rings (SSSR count). The topological polar surface area (TPSA) is 75.3 Å². The molecule has 24 heavy (non-hydrogen) atoms. The summed E-state index contributed by atoms with van der Waals surface area (Å²) in [5, 5.41) is 3.48.